The molecule has 1 aliphatic rings. The molecule has 2 aromatic carbocycles. The number of alkyl halides is 3. The Kier molecular flexibility index (Phi) is 8.35. The lowest BCUT2D eigenvalue weighted by Gasteiger charge is -2.26. The van der Waals surface area contributed by atoms with Crippen molar-refractivity contribution in [2.24, 2.45) is 0 Å². The lowest BCUT2D eigenvalue weighted by atomic mass is 10.0. The molecule has 0 aliphatic carbocycles. The van der Waals surface area contributed by atoms with Crippen LogP contribution in [0.5, 0.6) is 0 Å². The number of carboxylic acids is 1. The van der Waals surface area contributed by atoms with Crippen molar-refractivity contribution in [3.63, 3.8) is 0 Å². The van der Waals surface area contributed by atoms with E-state index in [9.17, 15) is 18.0 Å². The number of morpholine rings is 1. The van der Waals surface area contributed by atoms with E-state index in [1.165, 1.54) is 0 Å². The largest absolute Gasteiger partial charge is 0.490 e. The molecule has 202 valence electrons. The molecule has 0 bridgehead atoms. The maximum absolute atomic E-state index is 12.6. The summed E-state index contributed by atoms with van der Waals surface area (Å²) < 4.78 is 37.1. The number of rotatable bonds is 4. The summed E-state index contributed by atoms with van der Waals surface area (Å²) in [7, 11) is 0. The molecule has 1 amide bonds. The number of amides is 1. The third kappa shape index (κ3) is 7.05. The predicted molar refractivity (Wildman–Crippen MR) is 138 cm³/mol. The van der Waals surface area contributed by atoms with Gasteiger partial charge in [0.15, 0.2) is 0 Å². The molecule has 0 radical (unpaired) electrons. The third-order valence-corrected chi connectivity index (χ3v) is 5.76. The maximum Gasteiger partial charge on any atom is 0.490 e. The summed E-state index contributed by atoms with van der Waals surface area (Å²) in [5.41, 5.74) is 5.32. The number of anilines is 2. The zero-order valence-corrected chi connectivity index (χ0v) is 20.8. The first kappa shape index (κ1) is 27.5. The van der Waals surface area contributed by atoms with Gasteiger partial charge in [0.2, 0.25) is 5.95 Å². The second-order valence-electron chi connectivity index (χ2n) is 8.54. The van der Waals surface area contributed by atoms with Gasteiger partial charge in [-0.25, -0.2) is 14.8 Å². The molecule has 0 saturated carbocycles. The summed E-state index contributed by atoms with van der Waals surface area (Å²) in [6, 6.07) is 17.5. The van der Waals surface area contributed by atoms with Gasteiger partial charge in [-0.15, -0.1) is 0 Å². The number of aromatic nitrogens is 3. The Balaban J connectivity index is 0.000000448. The topological polar surface area (TPSA) is 118 Å². The molecule has 0 spiro atoms. The minimum absolute atomic E-state index is 0.0261. The summed E-state index contributed by atoms with van der Waals surface area (Å²) in [5, 5.41) is 11.3. The third-order valence-electron chi connectivity index (χ3n) is 5.76. The fourth-order valence-corrected chi connectivity index (χ4v) is 3.75. The van der Waals surface area contributed by atoms with E-state index >= 15 is 0 Å². The maximum atomic E-state index is 12.6. The van der Waals surface area contributed by atoms with Crippen LogP contribution in [0, 0.1) is 6.92 Å². The number of pyridine rings is 1. The summed E-state index contributed by atoms with van der Waals surface area (Å²) in [6.45, 7) is 4.40. The van der Waals surface area contributed by atoms with Crippen LogP contribution in [-0.2, 0) is 9.53 Å². The van der Waals surface area contributed by atoms with E-state index in [2.05, 4.69) is 21.4 Å². The van der Waals surface area contributed by atoms with Gasteiger partial charge in [-0.3, -0.25) is 9.78 Å². The molecular weight excluding hydrogens is 515 g/mol. The number of carboxylic acid groups (broad SMARTS) is 1. The lowest BCUT2D eigenvalue weighted by Crippen LogP contribution is -2.40. The Labute approximate surface area is 221 Å². The molecule has 5 rings (SSSR count). The fourth-order valence-electron chi connectivity index (χ4n) is 3.75. The summed E-state index contributed by atoms with van der Waals surface area (Å²) in [6.07, 6.45) is -1.41. The Morgan fingerprint density at radius 1 is 0.974 bits per heavy atom. The SMILES string of the molecule is Cc1ccc(-c2cccc3cnc(Nc4ccc(C(=O)N5CCOCC5)cc4)nc23)cn1.O=C(O)C(F)(F)F. The van der Waals surface area contributed by atoms with Gasteiger partial charge in [-0.05, 0) is 37.3 Å². The van der Waals surface area contributed by atoms with E-state index < -0.39 is 12.1 Å². The molecule has 12 heteroatoms. The van der Waals surface area contributed by atoms with Crippen LogP contribution >= 0.6 is 0 Å². The van der Waals surface area contributed by atoms with Crippen LogP contribution in [0.15, 0.2) is 67.0 Å². The van der Waals surface area contributed by atoms with E-state index in [4.69, 9.17) is 19.6 Å². The molecule has 9 nitrogen and oxygen atoms in total. The number of benzene rings is 2. The Hall–Kier alpha value is -4.58. The minimum atomic E-state index is -5.08. The number of halogens is 3. The van der Waals surface area contributed by atoms with Crippen LogP contribution in [0.4, 0.5) is 24.8 Å². The number of hydrogen-bond acceptors (Lipinski definition) is 7. The number of aliphatic carboxylic acids is 1. The summed E-state index contributed by atoms with van der Waals surface area (Å²) in [5.74, 6) is -2.23. The zero-order valence-electron chi connectivity index (χ0n) is 20.8. The highest BCUT2D eigenvalue weighted by molar-refractivity contribution is 5.95. The highest BCUT2D eigenvalue weighted by atomic mass is 19.4. The number of nitrogens with one attached hydrogen (secondary N) is 1. The van der Waals surface area contributed by atoms with Gasteiger partial charge in [-0.1, -0.05) is 24.3 Å². The Bertz CT molecular complexity index is 1460. The number of carbonyl (C=O) groups excluding carboxylic acids is 1. The average molecular weight is 540 g/mol. The van der Waals surface area contributed by atoms with Gasteiger partial charge in [-0.2, -0.15) is 13.2 Å². The van der Waals surface area contributed by atoms with Crippen molar-refractivity contribution in [2.75, 3.05) is 31.6 Å². The second-order valence-corrected chi connectivity index (χ2v) is 8.54. The zero-order chi connectivity index (χ0) is 28.0. The van der Waals surface area contributed by atoms with E-state index in [0.717, 1.165) is 33.4 Å². The number of aryl methyl sites for hydroxylation is 1. The van der Waals surface area contributed by atoms with E-state index in [0.29, 0.717) is 37.8 Å². The first-order valence-electron chi connectivity index (χ1n) is 11.8. The molecule has 39 heavy (non-hydrogen) atoms. The molecular formula is C27H24F3N5O4. The van der Waals surface area contributed by atoms with Crippen LogP contribution < -0.4 is 5.32 Å². The Morgan fingerprint density at radius 2 is 1.67 bits per heavy atom. The molecule has 0 atom stereocenters. The number of nitrogens with zero attached hydrogens (tertiary/aromatic N) is 4. The highest BCUT2D eigenvalue weighted by Crippen LogP contribution is 2.28. The molecule has 3 heterocycles. The van der Waals surface area contributed by atoms with Crippen molar-refractivity contribution >= 4 is 34.4 Å². The Morgan fingerprint density at radius 3 is 2.28 bits per heavy atom. The van der Waals surface area contributed by atoms with Crippen LogP contribution in [0.3, 0.4) is 0 Å². The molecule has 0 unspecified atom stereocenters. The first-order valence-corrected chi connectivity index (χ1v) is 11.8. The smallest absolute Gasteiger partial charge is 0.475 e. The first-order chi connectivity index (χ1) is 18.6. The molecule has 1 fully saturated rings. The van der Waals surface area contributed by atoms with Gasteiger partial charge < -0.3 is 20.1 Å². The minimum Gasteiger partial charge on any atom is -0.475 e. The number of para-hydroxylation sites is 1. The van der Waals surface area contributed by atoms with Gasteiger partial charge in [0.05, 0.1) is 18.7 Å². The van der Waals surface area contributed by atoms with Crippen molar-refractivity contribution in [1.29, 1.82) is 0 Å². The fraction of sp³-hybridized carbons (Fsp3) is 0.222. The van der Waals surface area contributed by atoms with Crippen LogP contribution in [0.25, 0.3) is 22.0 Å². The average Bonchev–Trinajstić information content (AvgIpc) is 2.93. The second kappa shape index (κ2) is 11.9. The molecule has 1 saturated heterocycles. The number of carbonyl (C=O) groups is 2. The van der Waals surface area contributed by atoms with Crippen molar-refractivity contribution in [3.8, 4) is 11.1 Å². The van der Waals surface area contributed by atoms with Crippen molar-refractivity contribution in [3.05, 3.63) is 78.2 Å². The highest BCUT2D eigenvalue weighted by Gasteiger charge is 2.38. The van der Waals surface area contributed by atoms with E-state index in [1.807, 2.05) is 72.7 Å². The van der Waals surface area contributed by atoms with Crippen LogP contribution in [-0.4, -0.2) is 69.3 Å². The summed E-state index contributed by atoms with van der Waals surface area (Å²) in [4.78, 5) is 37.0. The summed E-state index contributed by atoms with van der Waals surface area (Å²) >= 11 is 0. The number of hydrogen-bond donors (Lipinski definition) is 2. The van der Waals surface area contributed by atoms with Gasteiger partial charge in [0, 0.05) is 58.9 Å². The van der Waals surface area contributed by atoms with Gasteiger partial charge in [0.25, 0.3) is 5.91 Å². The van der Waals surface area contributed by atoms with E-state index in [-0.39, 0.29) is 5.91 Å². The van der Waals surface area contributed by atoms with Gasteiger partial charge >= 0.3 is 12.1 Å². The predicted octanol–water partition coefficient (Wildman–Crippen LogP) is 4.85. The molecule has 2 N–H and O–H groups in total. The van der Waals surface area contributed by atoms with Crippen LogP contribution in [0.1, 0.15) is 16.1 Å². The lowest BCUT2D eigenvalue weighted by molar-refractivity contribution is -0.192. The molecule has 4 aromatic rings. The van der Waals surface area contributed by atoms with Crippen molar-refractivity contribution in [2.45, 2.75) is 13.1 Å². The quantitative estimate of drug-likeness (QED) is 0.378. The van der Waals surface area contributed by atoms with E-state index in [1.54, 1.807) is 0 Å². The molecule has 1 aliphatic heterocycles. The van der Waals surface area contributed by atoms with Crippen LogP contribution in [0.2, 0.25) is 0 Å². The van der Waals surface area contributed by atoms with Gasteiger partial charge in [0.1, 0.15) is 0 Å². The molecule has 2 aromatic heterocycles. The number of fused-ring (bicyclic) bond motifs is 1. The standard InChI is InChI=1S/C25H23N5O2.C2HF3O2/c1-17-5-6-19(15-26-17)22-4-2-3-20-16-27-25(29-23(20)22)28-21-9-7-18(8-10-21)24(31)30-11-13-32-14-12-30;3-2(4,5)1(6)7/h2-10,15-16H,11-14H2,1H3,(H,27,28,29);(H,6,7). The normalized spacial score (nSPS) is 13.4. The van der Waals surface area contributed by atoms with Crippen molar-refractivity contribution in [1.82, 2.24) is 19.9 Å². The monoisotopic (exact) mass is 539 g/mol. The van der Waals surface area contributed by atoms with Crippen molar-refractivity contribution < 1.29 is 32.6 Å². The number of ether oxygens (including phenoxy) is 1.